The summed E-state index contributed by atoms with van der Waals surface area (Å²) in [4.78, 5) is 20.0. The normalized spacial score (nSPS) is 14.7. The zero-order chi connectivity index (χ0) is 31.8. The van der Waals surface area contributed by atoms with Gasteiger partial charge in [-0.05, 0) is 55.4 Å². The topological polar surface area (TPSA) is 47.4 Å². The van der Waals surface area contributed by atoms with E-state index in [1.54, 1.807) is 19.1 Å². The first-order chi connectivity index (χ1) is 20.9. The second-order valence-corrected chi connectivity index (χ2v) is 11.7. The molecule has 1 aliphatic heterocycles. The monoisotopic (exact) mass is 633 g/mol. The molecule has 3 heterocycles. The van der Waals surface area contributed by atoms with Crippen LogP contribution < -0.4 is 10.3 Å². The summed E-state index contributed by atoms with van der Waals surface area (Å²) < 4.78 is 92.6. The minimum Gasteiger partial charge on any atom is -0.494 e. The second-order valence-electron chi connectivity index (χ2n) is 10.6. The van der Waals surface area contributed by atoms with E-state index in [2.05, 4.69) is 4.98 Å². The van der Waals surface area contributed by atoms with Crippen molar-refractivity contribution in [2.45, 2.75) is 37.0 Å². The molecule has 0 saturated heterocycles. The van der Waals surface area contributed by atoms with Crippen molar-refractivity contribution in [3.8, 4) is 16.9 Å². The molecule has 2 aromatic carbocycles. The zero-order valence-electron chi connectivity index (χ0n) is 24.1. The molecule has 0 saturated carbocycles. The summed E-state index contributed by atoms with van der Waals surface area (Å²) in [7, 11) is 3.12. The summed E-state index contributed by atoms with van der Waals surface area (Å²) in [5, 5.41) is 0.418. The van der Waals surface area contributed by atoms with Crippen molar-refractivity contribution >= 4 is 11.8 Å². The first kappa shape index (κ1) is 31.6. The minimum absolute atomic E-state index is 0.0239. The lowest BCUT2D eigenvalue weighted by Gasteiger charge is -2.25. The second kappa shape index (κ2) is 12.7. The van der Waals surface area contributed by atoms with Gasteiger partial charge in [-0.15, -0.1) is 11.8 Å². The van der Waals surface area contributed by atoms with Gasteiger partial charge in [0.2, 0.25) is 5.95 Å². The molecule has 1 atom stereocenters. The maximum Gasteiger partial charge on any atom is 0.416 e. The Bertz CT molecular complexity index is 1760. The Balaban J connectivity index is 1.61. The number of halogens is 6. The average Bonchev–Trinajstić information content (AvgIpc) is 3.38. The Labute approximate surface area is 254 Å². The van der Waals surface area contributed by atoms with Crippen LogP contribution in [0.2, 0.25) is 0 Å². The maximum absolute atomic E-state index is 15.6. The number of hydrogen-bond donors (Lipinski definition) is 0. The summed E-state index contributed by atoms with van der Waals surface area (Å²) in [5.74, 6) is -2.08. The maximum atomic E-state index is 15.6. The molecule has 5 rings (SSSR count). The number of hydrogen-bond acceptors (Lipinski definition) is 5. The van der Waals surface area contributed by atoms with Gasteiger partial charge in [0.25, 0.3) is 5.56 Å². The quantitative estimate of drug-likeness (QED) is 0.146. The number of methoxy groups -OCH3 is 1. The molecule has 232 valence electrons. The number of rotatable bonds is 9. The summed E-state index contributed by atoms with van der Waals surface area (Å²) >= 11 is 1.30. The van der Waals surface area contributed by atoms with Gasteiger partial charge >= 0.3 is 6.18 Å². The van der Waals surface area contributed by atoms with E-state index in [0.717, 1.165) is 18.2 Å². The summed E-state index contributed by atoms with van der Waals surface area (Å²) in [5.41, 5.74) is -1.10. The van der Waals surface area contributed by atoms with Gasteiger partial charge < -0.3 is 9.64 Å². The number of pyridine rings is 2. The van der Waals surface area contributed by atoms with Crippen LogP contribution in [0.25, 0.3) is 11.1 Å². The highest BCUT2D eigenvalue weighted by Crippen LogP contribution is 2.42. The van der Waals surface area contributed by atoms with Crippen molar-refractivity contribution in [1.82, 2.24) is 14.5 Å². The van der Waals surface area contributed by atoms with E-state index in [0.29, 0.717) is 41.5 Å². The van der Waals surface area contributed by atoms with E-state index in [4.69, 9.17) is 4.74 Å². The van der Waals surface area contributed by atoms with Gasteiger partial charge in [-0.2, -0.15) is 17.6 Å². The standard InChI is InChI=1S/C32H29F6N3O2S/c1-18-22(15-23-24(32(36,37)38)9-6-10-25(23)33)31-41(30(42)28(18)21-8-5-11-26(43-3)29(21)35)20(17-44-31)16-40(2)14-13-19-7-4-12-27(34)39-19/h4-12,20H,13-17H2,1-3H3. The Morgan fingerprint density at radius 1 is 1.05 bits per heavy atom. The third-order valence-electron chi connectivity index (χ3n) is 7.79. The van der Waals surface area contributed by atoms with E-state index in [1.807, 2.05) is 11.9 Å². The summed E-state index contributed by atoms with van der Waals surface area (Å²) in [6.45, 7) is 2.40. The number of benzene rings is 2. The van der Waals surface area contributed by atoms with Crippen molar-refractivity contribution in [1.29, 1.82) is 0 Å². The minimum atomic E-state index is -4.81. The van der Waals surface area contributed by atoms with E-state index in [-0.39, 0.29) is 22.4 Å². The van der Waals surface area contributed by atoms with Crippen molar-refractivity contribution < 1.29 is 31.1 Å². The molecule has 12 heteroatoms. The first-order valence-electron chi connectivity index (χ1n) is 13.8. The predicted octanol–water partition coefficient (Wildman–Crippen LogP) is 7.08. The fourth-order valence-corrected chi connectivity index (χ4v) is 6.99. The Kier molecular flexibility index (Phi) is 9.12. The van der Waals surface area contributed by atoms with Gasteiger partial charge in [0.15, 0.2) is 11.6 Å². The molecular weight excluding hydrogens is 604 g/mol. The third kappa shape index (κ3) is 6.23. The Morgan fingerprint density at radius 2 is 1.77 bits per heavy atom. The molecule has 0 amide bonds. The zero-order valence-corrected chi connectivity index (χ0v) is 25.0. The van der Waals surface area contributed by atoms with E-state index in [9.17, 15) is 22.4 Å². The molecule has 1 unspecified atom stereocenters. The number of likely N-dealkylation sites (N-methyl/N-ethyl adjacent to an activating group) is 1. The highest BCUT2D eigenvalue weighted by molar-refractivity contribution is 7.99. The number of ether oxygens (including phenoxy) is 1. The lowest BCUT2D eigenvalue weighted by Crippen LogP contribution is -2.35. The van der Waals surface area contributed by atoms with Gasteiger partial charge in [0, 0.05) is 48.5 Å². The number of nitrogens with zero attached hydrogens (tertiary/aromatic N) is 3. The van der Waals surface area contributed by atoms with Crippen LogP contribution in [0.15, 0.2) is 64.4 Å². The number of fused-ring (bicyclic) bond motifs is 1. The number of aromatic nitrogens is 2. The van der Waals surface area contributed by atoms with Crippen molar-refractivity contribution in [3.05, 3.63) is 110 Å². The van der Waals surface area contributed by atoms with Crippen molar-refractivity contribution in [3.63, 3.8) is 0 Å². The van der Waals surface area contributed by atoms with Gasteiger partial charge in [0.05, 0.1) is 29.3 Å². The highest BCUT2D eigenvalue weighted by Gasteiger charge is 2.37. The Morgan fingerprint density at radius 3 is 2.48 bits per heavy atom. The highest BCUT2D eigenvalue weighted by atomic mass is 32.2. The van der Waals surface area contributed by atoms with Crippen LogP contribution in [0.5, 0.6) is 5.75 Å². The molecule has 0 bridgehead atoms. The van der Waals surface area contributed by atoms with Crippen LogP contribution in [0.1, 0.15) is 34.0 Å². The molecule has 0 radical (unpaired) electrons. The molecule has 4 aromatic rings. The number of thioether (sulfide) groups is 1. The van der Waals surface area contributed by atoms with Crippen LogP contribution in [-0.4, -0.2) is 47.5 Å². The lowest BCUT2D eigenvalue weighted by atomic mass is 9.92. The molecule has 44 heavy (non-hydrogen) atoms. The van der Waals surface area contributed by atoms with Crippen LogP contribution in [0, 0.1) is 24.5 Å². The molecular formula is C32H29F6N3O2S. The fourth-order valence-electron chi connectivity index (χ4n) is 5.62. The lowest BCUT2D eigenvalue weighted by molar-refractivity contribution is -0.138. The summed E-state index contributed by atoms with van der Waals surface area (Å²) in [6, 6.07) is 11.2. The molecule has 5 nitrogen and oxygen atoms in total. The molecule has 0 N–H and O–H groups in total. The fraction of sp³-hybridized carbons (Fsp3) is 0.312. The predicted molar refractivity (Wildman–Crippen MR) is 157 cm³/mol. The van der Waals surface area contributed by atoms with E-state index < -0.39 is 52.9 Å². The molecule has 2 aromatic heterocycles. The first-order valence-corrected chi connectivity index (χ1v) is 14.8. The van der Waals surface area contributed by atoms with Crippen LogP contribution in [-0.2, 0) is 19.0 Å². The SMILES string of the molecule is COc1cccc(-c2c(C)c(Cc3c(F)cccc3C(F)(F)F)c3n(c2=O)C(CN(C)CCc2cccc(F)n2)CS3)c1F. The summed E-state index contributed by atoms with van der Waals surface area (Å²) in [6.07, 6.45) is -4.82. The van der Waals surface area contributed by atoms with Gasteiger partial charge in [0.1, 0.15) is 5.82 Å². The van der Waals surface area contributed by atoms with E-state index in [1.165, 1.54) is 47.7 Å². The average molecular weight is 634 g/mol. The van der Waals surface area contributed by atoms with Gasteiger partial charge in [-0.3, -0.25) is 9.36 Å². The van der Waals surface area contributed by atoms with Crippen molar-refractivity contribution in [2.75, 3.05) is 33.0 Å². The van der Waals surface area contributed by atoms with Crippen LogP contribution in [0.4, 0.5) is 26.3 Å². The van der Waals surface area contributed by atoms with Gasteiger partial charge in [-0.1, -0.05) is 24.3 Å². The molecule has 0 aliphatic carbocycles. The molecule has 1 aliphatic rings. The smallest absolute Gasteiger partial charge is 0.416 e. The molecule has 0 spiro atoms. The van der Waals surface area contributed by atoms with Crippen molar-refractivity contribution in [2.24, 2.45) is 0 Å². The van der Waals surface area contributed by atoms with Crippen LogP contribution in [0.3, 0.4) is 0 Å². The Hall–Kier alpha value is -3.77. The third-order valence-corrected chi connectivity index (χ3v) is 9.06. The largest absolute Gasteiger partial charge is 0.494 e. The molecule has 0 fully saturated rings. The number of alkyl halides is 3. The van der Waals surface area contributed by atoms with Crippen LogP contribution >= 0.6 is 11.8 Å². The van der Waals surface area contributed by atoms with Gasteiger partial charge in [-0.25, -0.2) is 13.8 Å². The van der Waals surface area contributed by atoms with E-state index >= 15 is 8.78 Å².